The topological polar surface area (TPSA) is 42.3 Å². The van der Waals surface area contributed by atoms with Crippen molar-refractivity contribution < 1.29 is 4.74 Å². The van der Waals surface area contributed by atoms with Crippen LogP contribution in [-0.4, -0.2) is 34.0 Å². The van der Waals surface area contributed by atoms with E-state index in [4.69, 9.17) is 17.0 Å². The van der Waals surface area contributed by atoms with Gasteiger partial charge in [-0.2, -0.15) is 5.10 Å². The number of rotatable bonds is 4. The molecule has 2 rings (SSSR count). The van der Waals surface area contributed by atoms with Crippen molar-refractivity contribution in [3.8, 4) is 5.75 Å². The molecule has 0 aliphatic heterocycles. The fraction of sp³-hybridized carbons (Fsp3) is 0.333. The van der Waals surface area contributed by atoms with Crippen molar-refractivity contribution in [2.45, 2.75) is 13.5 Å². The van der Waals surface area contributed by atoms with Gasteiger partial charge in [-0.1, -0.05) is 12.1 Å². The van der Waals surface area contributed by atoms with E-state index in [-0.39, 0.29) is 0 Å². The molecule has 6 heteroatoms. The first-order chi connectivity index (χ1) is 10.0. The standard InChI is InChI=1S/C15H20N4OS/c1-11-12(9-16-19(11)3)10-18(2)15(21)17-13-7-5-6-8-14(13)20-4/h5-9H,10H2,1-4H3,(H,17,21). The zero-order chi connectivity index (χ0) is 15.4. The van der Waals surface area contributed by atoms with Gasteiger partial charge >= 0.3 is 0 Å². The number of ether oxygens (including phenoxy) is 1. The summed E-state index contributed by atoms with van der Waals surface area (Å²) in [6, 6.07) is 7.71. The minimum absolute atomic E-state index is 0.641. The molecule has 0 fully saturated rings. The number of hydrogen-bond acceptors (Lipinski definition) is 3. The Balaban J connectivity index is 2.04. The summed E-state index contributed by atoms with van der Waals surface area (Å²) in [6.45, 7) is 2.76. The van der Waals surface area contributed by atoms with Crippen molar-refractivity contribution in [2.75, 3.05) is 19.5 Å². The van der Waals surface area contributed by atoms with Crippen molar-refractivity contribution in [3.05, 3.63) is 41.7 Å². The maximum Gasteiger partial charge on any atom is 0.173 e. The van der Waals surface area contributed by atoms with Crippen LogP contribution in [0.4, 0.5) is 5.69 Å². The van der Waals surface area contributed by atoms with Crippen molar-refractivity contribution in [2.24, 2.45) is 7.05 Å². The van der Waals surface area contributed by atoms with Gasteiger partial charge in [0.25, 0.3) is 0 Å². The number of nitrogens with zero attached hydrogens (tertiary/aromatic N) is 3. The molecule has 0 radical (unpaired) electrons. The summed E-state index contributed by atoms with van der Waals surface area (Å²) in [5.74, 6) is 0.769. The molecule has 1 heterocycles. The van der Waals surface area contributed by atoms with Crippen molar-refractivity contribution in [1.29, 1.82) is 0 Å². The number of hydrogen-bond donors (Lipinski definition) is 1. The van der Waals surface area contributed by atoms with Crippen LogP contribution in [0.25, 0.3) is 0 Å². The van der Waals surface area contributed by atoms with Gasteiger partial charge < -0.3 is 15.0 Å². The number of aromatic nitrogens is 2. The van der Waals surface area contributed by atoms with E-state index < -0.39 is 0 Å². The summed E-state index contributed by atoms with van der Waals surface area (Å²) < 4.78 is 7.17. The monoisotopic (exact) mass is 304 g/mol. The van der Waals surface area contributed by atoms with Gasteiger partial charge in [-0.15, -0.1) is 0 Å². The number of thiocarbonyl (C=S) groups is 1. The Hall–Kier alpha value is -2.08. The van der Waals surface area contributed by atoms with E-state index >= 15 is 0 Å². The average Bonchev–Trinajstić information content (AvgIpc) is 2.79. The predicted molar refractivity (Wildman–Crippen MR) is 88.6 cm³/mol. The van der Waals surface area contributed by atoms with E-state index in [2.05, 4.69) is 10.4 Å². The molecule has 1 N–H and O–H groups in total. The summed E-state index contributed by atoms with van der Waals surface area (Å²) >= 11 is 5.45. The molecule has 0 aliphatic carbocycles. The van der Waals surface area contributed by atoms with Crippen LogP contribution < -0.4 is 10.1 Å². The highest BCUT2D eigenvalue weighted by molar-refractivity contribution is 7.80. The maximum absolute atomic E-state index is 5.45. The van der Waals surface area contributed by atoms with Crippen LogP contribution in [0.1, 0.15) is 11.3 Å². The molecule has 5 nitrogen and oxygen atoms in total. The molecule has 1 aromatic heterocycles. The largest absolute Gasteiger partial charge is 0.495 e. The van der Waals surface area contributed by atoms with Crippen LogP contribution in [0.5, 0.6) is 5.75 Å². The second-order valence-corrected chi connectivity index (χ2v) is 5.25. The fourth-order valence-corrected chi connectivity index (χ4v) is 2.16. The number of nitrogens with one attached hydrogen (secondary N) is 1. The average molecular weight is 304 g/mol. The predicted octanol–water partition coefficient (Wildman–Crippen LogP) is 2.57. The Kier molecular flexibility index (Phi) is 4.80. The summed E-state index contributed by atoms with van der Waals surface area (Å²) in [7, 11) is 5.54. The molecule has 0 saturated carbocycles. The summed E-state index contributed by atoms with van der Waals surface area (Å²) in [4.78, 5) is 1.98. The lowest BCUT2D eigenvalue weighted by Gasteiger charge is -2.21. The Labute approximate surface area is 130 Å². The third-order valence-corrected chi connectivity index (χ3v) is 3.85. The lowest BCUT2D eigenvalue weighted by molar-refractivity contribution is 0.416. The first-order valence-corrected chi connectivity index (χ1v) is 7.06. The van der Waals surface area contributed by atoms with Gasteiger partial charge in [0.1, 0.15) is 5.75 Å². The Morgan fingerprint density at radius 1 is 1.43 bits per heavy atom. The smallest absolute Gasteiger partial charge is 0.173 e. The molecule has 21 heavy (non-hydrogen) atoms. The Morgan fingerprint density at radius 3 is 2.76 bits per heavy atom. The van der Waals surface area contributed by atoms with E-state index in [1.54, 1.807) is 7.11 Å². The highest BCUT2D eigenvalue weighted by Crippen LogP contribution is 2.23. The van der Waals surface area contributed by atoms with E-state index in [9.17, 15) is 0 Å². The van der Waals surface area contributed by atoms with Crippen LogP contribution in [0.2, 0.25) is 0 Å². The zero-order valence-electron chi connectivity index (χ0n) is 12.8. The number of benzene rings is 1. The molecule has 0 aliphatic rings. The van der Waals surface area contributed by atoms with Crippen molar-refractivity contribution in [1.82, 2.24) is 14.7 Å². The number of para-hydroxylation sites is 2. The van der Waals surface area contributed by atoms with Crippen LogP contribution >= 0.6 is 12.2 Å². The summed E-state index contributed by atoms with van der Waals surface area (Å²) in [5.41, 5.74) is 3.16. The lowest BCUT2D eigenvalue weighted by Crippen LogP contribution is -2.30. The van der Waals surface area contributed by atoms with Crippen LogP contribution in [0.15, 0.2) is 30.5 Å². The molecule has 0 bridgehead atoms. The molecular weight excluding hydrogens is 284 g/mol. The minimum Gasteiger partial charge on any atom is -0.495 e. The molecule has 1 aromatic carbocycles. The van der Waals surface area contributed by atoms with Crippen molar-refractivity contribution >= 4 is 23.0 Å². The molecule has 0 amide bonds. The Bertz CT molecular complexity index is 638. The van der Waals surface area contributed by atoms with Crippen molar-refractivity contribution in [3.63, 3.8) is 0 Å². The number of aryl methyl sites for hydroxylation is 1. The molecule has 2 aromatic rings. The van der Waals surface area contributed by atoms with E-state index in [1.807, 2.05) is 61.1 Å². The maximum atomic E-state index is 5.45. The van der Waals surface area contributed by atoms with E-state index in [0.717, 1.165) is 22.7 Å². The summed E-state index contributed by atoms with van der Waals surface area (Å²) in [6.07, 6.45) is 1.87. The zero-order valence-corrected chi connectivity index (χ0v) is 13.6. The Morgan fingerprint density at radius 2 is 2.14 bits per heavy atom. The van der Waals surface area contributed by atoms with Gasteiger partial charge in [-0.05, 0) is 31.3 Å². The number of anilines is 1. The van der Waals surface area contributed by atoms with E-state index in [1.165, 1.54) is 0 Å². The molecule has 0 saturated heterocycles. The molecule has 0 unspecified atom stereocenters. The highest BCUT2D eigenvalue weighted by atomic mass is 32.1. The van der Waals surface area contributed by atoms with Gasteiger partial charge in [-0.25, -0.2) is 0 Å². The highest BCUT2D eigenvalue weighted by Gasteiger charge is 2.11. The lowest BCUT2D eigenvalue weighted by atomic mass is 10.2. The first kappa shape index (κ1) is 15.3. The minimum atomic E-state index is 0.641. The van der Waals surface area contributed by atoms with E-state index in [0.29, 0.717) is 11.7 Å². The van der Waals surface area contributed by atoms with Gasteiger partial charge in [0, 0.05) is 31.9 Å². The first-order valence-electron chi connectivity index (χ1n) is 6.65. The van der Waals surface area contributed by atoms with Gasteiger partial charge in [0.2, 0.25) is 0 Å². The summed E-state index contributed by atoms with van der Waals surface area (Å²) in [5, 5.41) is 8.10. The van der Waals surface area contributed by atoms with Gasteiger partial charge in [0.05, 0.1) is 19.0 Å². The molecular formula is C15H20N4OS. The third-order valence-electron chi connectivity index (χ3n) is 3.44. The fourth-order valence-electron chi connectivity index (χ4n) is 1.99. The number of methoxy groups -OCH3 is 1. The quantitative estimate of drug-likeness (QED) is 0.879. The van der Waals surface area contributed by atoms with Gasteiger partial charge in [-0.3, -0.25) is 4.68 Å². The molecule has 0 atom stereocenters. The SMILES string of the molecule is COc1ccccc1NC(=S)N(C)Cc1cnn(C)c1C. The normalized spacial score (nSPS) is 10.3. The van der Waals surface area contributed by atoms with Crippen LogP contribution in [-0.2, 0) is 13.6 Å². The second kappa shape index (κ2) is 6.58. The molecule has 112 valence electrons. The molecule has 0 spiro atoms. The second-order valence-electron chi connectivity index (χ2n) is 4.87. The third kappa shape index (κ3) is 3.52. The van der Waals surface area contributed by atoms with Gasteiger partial charge in [0.15, 0.2) is 5.11 Å². The van der Waals surface area contributed by atoms with Crippen LogP contribution in [0.3, 0.4) is 0 Å². The van der Waals surface area contributed by atoms with Crippen LogP contribution in [0, 0.1) is 6.92 Å².